The molecule has 1 unspecified atom stereocenters. The van der Waals surface area contributed by atoms with Crippen molar-refractivity contribution in [3.05, 3.63) is 0 Å². The van der Waals surface area contributed by atoms with Crippen molar-refractivity contribution >= 4 is 16.1 Å². The Balaban J connectivity index is 4.46. The summed E-state index contributed by atoms with van der Waals surface area (Å²) >= 11 is 0. The average Bonchev–Trinajstić information content (AvgIpc) is 2.11. The van der Waals surface area contributed by atoms with E-state index in [1.54, 1.807) is 0 Å². The standard InChI is InChI=1S/C6H10F2O6S/c1-4(14-3-5(9)13-2)6(7,8)15(10,11)12/h4H,3H2,1-2H3,(H,10,11,12). The van der Waals surface area contributed by atoms with Gasteiger partial charge in [-0.15, -0.1) is 0 Å². The van der Waals surface area contributed by atoms with Crippen LogP contribution in [0.4, 0.5) is 8.78 Å². The van der Waals surface area contributed by atoms with E-state index in [0.29, 0.717) is 6.92 Å². The molecule has 9 heteroatoms. The molecule has 0 radical (unpaired) electrons. The van der Waals surface area contributed by atoms with E-state index >= 15 is 0 Å². The largest absolute Gasteiger partial charge is 0.467 e. The molecule has 0 bridgehead atoms. The van der Waals surface area contributed by atoms with Crippen molar-refractivity contribution in [1.82, 2.24) is 0 Å². The molecule has 0 aromatic rings. The van der Waals surface area contributed by atoms with Crippen LogP contribution in [0, 0.1) is 0 Å². The number of methoxy groups -OCH3 is 1. The first kappa shape index (κ1) is 14.2. The Kier molecular flexibility index (Phi) is 4.56. The first-order chi connectivity index (χ1) is 6.63. The van der Waals surface area contributed by atoms with Crippen LogP contribution in [0.15, 0.2) is 0 Å². The smallest absolute Gasteiger partial charge is 0.394 e. The number of ether oxygens (including phenoxy) is 2. The highest BCUT2D eigenvalue weighted by molar-refractivity contribution is 7.86. The zero-order chi connectivity index (χ0) is 12.3. The fraction of sp³-hybridized carbons (Fsp3) is 0.833. The second-order valence-corrected chi connectivity index (χ2v) is 4.06. The summed E-state index contributed by atoms with van der Waals surface area (Å²) in [6.45, 7) is -0.126. The molecule has 0 aliphatic carbocycles. The third-order valence-corrected chi connectivity index (χ3v) is 2.52. The van der Waals surface area contributed by atoms with E-state index in [-0.39, 0.29) is 0 Å². The van der Waals surface area contributed by atoms with Crippen molar-refractivity contribution < 1.29 is 36.0 Å². The molecule has 0 aliphatic rings. The molecule has 15 heavy (non-hydrogen) atoms. The Labute approximate surface area is 84.9 Å². The lowest BCUT2D eigenvalue weighted by molar-refractivity contribution is -0.153. The van der Waals surface area contributed by atoms with Gasteiger partial charge in [0.25, 0.3) is 0 Å². The SMILES string of the molecule is COC(=O)COC(C)C(F)(F)S(=O)(=O)O. The second-order valence-electron chi connectivity index (χ2n) is 2.57. The average molecular weight is 248 g/mol. The summed E-state index contributed by atoms with van der Waals surface area (Å²) in [5, 5.41) is -4.47. The number of carbonyl (C=O) groups excluding carboxylic acids is 1. The predicted octanol–water partition coefficient (Wildman–Crippen LogP) is 0.0451. The molecular weight excluding hydrogens is 238 g/mol. The second kappa shape index (κ2) is 4.81. The minimum absolute atomic E-state index is 0.705. The van der Waals surface area contributed by atoms with Crippen LogP contribution in [-0.2, 0) is 24.4 Å². The highest BCUT2D eigenvalue weighted by Gasteiger charge is 2.50. The first-order valence-corrected chi connectivity index (χ1v) is 5.10. The van der Waals surface area contributed by atoms with Crippen LogP contribution in [0.1, 0.15) is 6.92 Å². The molecule has 0 aromatic heterocycles. The molecule has 0 heterocycles. The van der Waals surface area contributed by atoms with Gasteiger partial charge in [0.1, 0.15) is 12.7 Å². The van der Waals surface area contributed by atoms with E-state index in [1.165, 1.54) is 0 Å². The van der Waals surface area contributed by atoms with Gasteiger partial charge >= 0.3 is 21.3 Å². The molecule has 0 saturated heterocycles. The molecule has 1 N–H and O–H groups in total. The van der Waals surface area contributed by atoms with E-state index < -0.39 is 34.1 Å². The molecule has 6 nitrogen and oxygen atoms in total. The van der Waals surface area contributed by atoms with Gasteiger partial charge in [-0.05, 0) is 6.92 Å². The van der Waals surface area contributed by atoms with Gasteiger partial charge in [-0.25, -0.2) is 4.79 Å². The third kappa shape index (κ3) is 3.68. The van der Waals surface area contributed by atoms with E-state index in [9.17, 15) is 22.0 Å². The van der Waals surface area contributed by atoms with Crippen molar-refractivity contribution in [3.8, 4) is 0 Å². The maximum atomic E-state index is 12.8. The zero-order valence-electron chi connectivity index (χ0n) is 7.94. The first-order valence-electron chi connectivity index (χ1n) is 3.66. The number of hydrogen-bond donors (Lipinski definition) is 1. The molecule has 0 aromatic carbocycles. The third-order valence-electron chi connectivity index (χ3n) is 1.50. The van der Waals surface area contributed by atoms with Gasteiger partial charge in [0.2, 0.25) is 0 Å². The lowest BCUT2D eigenvalue weighted by atomic mass is 10.4. The van der Waals surface area contributed by atoms with Gasteiger partial charge in [-0.2, -0.15) is 17.2 Å². The lowest BCUT2D eigenvalue weighted by Crippen LogP contribution is -2.41. The molecule has 0 spiro atoms. The number of hydrogen-bond acceptors (Lipinski definition) is 5. The Bertz CT molecular complexity index is 325. The summed E-state index contributed by atoms with van der Waals surface area (Å²) in [6, 6.07) is 0. The van der Waals surface area contributed by atoms with Gasteiger partial charge < -0.3 is 9.47 Å². The maximum absolute atomic E-state index is 12.8. The van der Waals surface area contributed by atoms with Gasteiger partial charge in [0.05, 0.1) is 7.11 Å². The van der Waals surface area contributed by atoms with Crippen molar-refractivity contribution in [2.75, 3.05) is 13.7 Å². The van der Waals surface area contributed by atoms with Crippen LogP contribution < -0.4 is 0 Å². The van der Waals surface area contributed by atoms with Gasteiger partial charge in [-0.3, -0.25) is 4.55 Å². The minimum Gasteiger partial charge on any atom is -0.467 e. The van der Waals surface area contributed by atoms with Crippen molar-refractivity contribution in [3.63, 3.8) is 0 Å². The summed E-state index contributed by atoms with van der Waals surface area (Å²) in [5.41, 5.74) is 0. The lowest BCUT2D eigenvalue weighted by Gasteiger charge is -2.20. The number of esters is 1. The summed E-state index contributed by atoms with van der Waals surface area (Å²) in [5.74, 6) is -0.937. The Morgan fingerprint density at radius 3 is 2.33 bits per heavy atom. The van der Waals surface area contributed by atoms with Gasteiger partial charge in [-0.1, -0.05) is 0 Å². The summed E-state index contributed by atoms with van der Waals surface area (Å²) in [4.78, 5) is 10.5. The number of rotatable bonds is 5. The van der Waals surface area contributed by atoms with Gasteiger partial charge in [0, 0.05) is 0 Å². The van der Waals surface area contributed by atoms with Crippen LogP contribution in [0.2, 0.25) is 0 Å². The van der Waals surface area contributed by atoms with E-state index in [1.807, 2.05) is 0 Å². The number of halogens is 2. The molecule has 0 aliphatic heterocycles. The quantitative estimate of drug-likeness (QED) is 0.546. The van der Waals surface area contributed by atoms with Crippen LogP contribution in [0.5, 0.6) is 0 Å². The topological polar surface area (TPSA) is 89.9 Å². The molecule has 0 amide bonds. The Hall–Kier alpha value is -0.800. The summed E-state index contributed by atoms with van der Waals surface area (Å²) in [6.07, 6.45) is -2.16. The molecule has 90 valence electrons. The summed E-state index contributed by atoms with van der Waals surface area (Å²) in [7, 11) is -4.56. The normalized spacial score (nSPS) is 14.7. The highest BCUT2D eigenvalue weighted by atomic mass is 32.2. The fourth-order valence-corrected chi connectivity index (χ4v) is 1.05. The van der Waals surface area contributed by atoms with Crippen molar-refractivity contribution in [2.24, 2.45) is 0 Å². The highest BCUT2D eigenvalue weighted by Crippen LogP contribution is 2.26. The van der Waals surface area contributed by atoms with Crippen molar-refractivity contribution in [1.29, 1.82) is 0 Å². The fourth-order valence-electron chi connectivity index (χ4n) is 0.559. The van der Waals surface area contributed by atoms with Crippen LogP contribution >= 0.6 is 0 Å². The van der Waals surface area contributed by atoms with Crippen LogP contribution in [0.25, 0.3) is 0 Å². The zero-order valence-corrected chi connectivity index (χ0v) is 8.75. The van der Waals surface area contributed by atoms with Gasteiger partial charge in [0.15, 0.2) is 0 Å². The number of alkyl halides is 2. The maximum Gasteiger partial charge on any atom is 0.394 e. The molecule has 0 saturated carbocycles. The van der Waals surface area contributed by atoms with E-state index in [2.05, 4.69) is 9.47 Å². The molecule has 1 atom stereocenters. The van der Waals surface area contributed by atoms with Crippen LogP contribution in [0.3, 0.4) is 0 Å². The van der Waals surface area contributed by atoms with Crippen molar-refractivity contribution in [2.45, 2.75) is 18.3 Å². The minimum atomic E-state index is -5.57. The Morgan fingerprint density at radius 2 is 2.00 bits per heavy atom. The monoisotopic (exact) mass is 248 g/mol. The molecular formula is C6H10F2O6S. The molecule has 0 fully saturated rings. The summed E-state index contributed by atoms with van der Waals surface area (Å²) < 4.78 is 62.4. The number of carbonyl (C=O) groups is 1. The van der Waals surface area contributed by atoms with E-state index in [4.69, 9.17) is 4.55 Å². The molecule has 0 rings (SSSR count). The van der Waals surface area contributed by atoms with Crippen LogP contribution in [-0.4, -0.2) is 44.0 Å². The predicted molar refractivity (Wildman–Crippen MR) is 43.9 cm³/mol. The van der Waals surface area contributed by atoms with E-state index in [0.717, 1.165) is 7.11 Å². The Morgan fingerprint density at radius 1 is 1.53 bits per heavy atom.